The molecule has 3 aromatic carbocycles. The molecule has 1 saturated carbocycles. The predicted octanol–water partition coefficient (Wildman–Crippen LogP) is 7.06. The van der Waals surface area contributed by atoms with E-state index in [0.717, 1.165) is 53.1 Å². The number of amides is 2. The maximum absolute atomic E-state index is 14.3. The first-order valence-electron chi connectivity index (χ1n) is 14.7. The zero-order chi connectivity index (χ0) is 31.1. The van der Waals surface area contributed by atoms with E-state index in [2.05, 4.69) is 5.32 Å². The highest BCUT2D eigenvalue weighted by atomic mass is 35.5. The number of anilines is 1. The molecule has 1 atom stereocenters. The quantitative estimate of drug-likeness (QED) is 0.242. The number of rotatable bonds is 11. The van der Waals surface area contributed by atoms with E-state index in [1.165, 1.54) is 23.1 Å². The molecule has 1 fully saturated rings. The number of carbonyl (C=O) groups is 2. The Morgan fingerprint density at radius 3 is 2.12 bits per heavy atom. The summed E-state index contributed by atoms with van der Waals surface area (Å²) in [6, 6.07) is 18.0. The molecule has 0 saturated heterocycles. The van der Waals surface area contributed by atoms with Gasteiger partial charge in [0, 0.05) is 12.6 Å². The third-order valence-electron chi connectivity index (χ3n) is 7.90. The molecule has 10 heteroatoms. The van der Waals surface area contributed by atoms with Gasteiger partial charge in [-0.2, -0.15) is 0 Å². The van der Waals surface area contributed by atoms with Gasteiger partial charge in [0.15, 0.2) is 0 Å². The second kappa shape index (κ2) is 14.6. The minimum absolute atomic E-state index is 0.00844. The number of nitrogens with one attached hydrogen (secondary N) is 1. The van der Waals surface area contributed by atoms with Crippen molar-refractivity contribution in [1.82, 2.24) is 10.2 Å². The van der Waals surface area contributed by atoms with Gasteiger partial charge < -0.3 is 10.2 Å². The topological polar surface area (TPSA) is 86.8 Å². The largest absolute Gasteiger partial charge is 0.352 e. The van der Waals surface area contributed by atoms with Gasteiger partial charge in [-0.3, -0.25) is 13.9 Å². The number of hydrogen-bond acceptors (Lipinski definition) is 4. The Balaban J connectivity index is 1.73. The second-order valence-electron chi connectivity index (χ2n) is 11.2. The van der Waals surface area contributed by atoms with Crippen LogP contribution in [0.25, 0.3) is 0 Å². The molecular formula is C33H39Cl2N3O4S. The minimum Gasteiger partial charge on any atom is -0.352 e. The van der Waals surface area contributed by atoms with Gasteiger partial charge in [0.25, 0.3) is 10.0 Å². The Labute approximate surface area is 265 Å². The molecule has 0 radical (unpaired) electrons. The van der Waals surface area contributed by atoms with Gasteiger partial charge >= 0.3 is 0 Å². The van der Waals surface area contributed by atoms with Gasteiger partial charge in [0.2, 0.25) is 11.8 Å². The fraction of sp³-hybridized carbons (Fsp3) is 0.394. The number of nitrogens with zero attached hydrogens (tertiary/aromatic N) is 2. The summed E-state index contributed by atoms with van der Waals surface area (Å²) < 4.78 is 29.1. The molecule has 4 rings (SSSR count). The lowest BCUT2D eigenvalue weighted by atomic mass is 9.95. The minimum atomic E-state index is -4.25. The molecule has 0 aliphatic heterocycles. The lowest BCUT2D eigenvalue weighted by Gasteiger charge is -2.34. The van der Waals surface area contributed by atoms with Crippen molar-refractivity contribution < 1.29 is 18.0 Å². The molecule has 7 nitrogen and oxygen atoms in total. The molecule has 2 amide bonds. The van der Waals surface area contributed by atoms with E-state index in [4.69, 9.17) is 23.2 Å². The summed E-state index contributed by atoms with van der Waals surface area (Å²) in [5, 5.41) is 3.33. The number of halogens is 2. The summed E-state index contributed by atoms with van der Waals surface area (Å²) in [5.41, 5.74) is 2.87. The summed E-state index contributed by atoms with van der Waals surface area (Å²) in [6.45, 7) is 5.25. The molecule has 1 aliphatic rings. The third-order valence-corrected chi connectivity index (χ3v) is 10.5. The van der Waals surface area contributed by atoms with Gasteiger partial charge in [-0.15, -0.1) is 0 Å². The summed E-state index contributed by atoms with van der Waals surface area (Å²) in [5.74, 6) is -0.762. The number of carbonyl (C=O) groups excluding carboxylic acids is 2. The van der Waals surface area contributed by atoms with Crippen LogP contribution in [0.4, 0.5) is 5.69 Å². The van der Waals surface area contributed by atoms with Crippen molar-refractivity contribution in [3.63, 3.8) is 0 Å². The van der Waals surface area contributed by atoms with E-state index in [1.807, 2.05) is 45.0 Å². The molecule has 3 aromatic rings. The average Bonchev–Trinajstić information content (AvgIpc) is 2.99. The first-order chi connectivity index (χ1) is 20.5. The van der Waals surface area contributed by atoms with Crippen LogP contribution in [-0.4, -0.2) is 43.8 Å². The highest BCUT2D eigenvalue weighted by molar-refractivity contribution is 7.92. The Kier molecular flexibility index (Phi) is 11.2. The van der Waals surface area contributed by atoms with Crippen molar-refractivity contribution in [2.24, 2.45) is 0 Å². The van der Waals surface area contributed by atoms with Crippen molar-refractivity contribution in [1.29, 1.82) is 0 Å². The van der Waals surface area contributed by atoms with E-state index < -0.39 is 28.5 Å². The van der Waals surface area contributed by atoms with Crippen LogP contribution in [0, 0.1) is 13.8 Å². The smallest absolute Gasteiger partial charge is 0.264 e. The van der Waals surface area contributed by atoms with Crippen LogP contribution in [0.1, 0.15) is 62.1 Å². The normalized spacial score (nSPS) is 14.6. The van der Waals surface area contributed by atoms with E-state index in [1.54, 1.807) is 24.3 Å². The predicted molar refractivity (Wildman–Crippen MR) is 173 cm³/mol. The van der Waals surface area contributed by atoms with Crippen molar-refractivity contribution in [2.75, 3.05) is 10.8 Å². The number of benzene rings is 3. The fourth-order valence-corrected chi connectivity index (χ4v) is 7.26. The Morgan fingerprint density at radius 2 is 1.51 bits per heavy atom. The fourth-order valence-electron chi connectivity index (χ4n) is 5.39. The zero-order valence-corrected chi connectivity index (χ0v) is 27.2. The number of sulfonamides is 1. The van der Waals surface area contributed by atoms with Crippen LogP contribution in [0.15, 0.2) is 71.6 Å². The van der Waals surface area contributed by atoms with E-state index >= 15 is 0 Å². The van der Waals surface area contributed by atoms with Crippen LogP contribution in [-0.2, 0) is 26.2 Å². The third kappa shape index (κ3) is 8.11. The average molecular weight is 645 g/mol. The van der Waals surface area contributed by atoms with Crippen LogP contribution in [0.3, 0.4) is 0 Å². The van der Waals surface area contributed by atoms with Gasteiger partial charge in [-0.1, -0.05) is 103 Å². The Morgan fingerprint density at radius 1 is 0.907 bits per heavy atom. The summed E-state index contributed by atoms with van der Waals surface area (Å²) >= 11 is 12.8. The monoisotopic (exact) mass is 643 g/mol. The molecule has 0 bridgehead atoms. The number of hydrogen-bond donors (Lipinski definition) is 1. The highest BCUT2D eigenvalue weighted by Gasteiger charge is 2.35. The molecule has 230 valence electrons. The standard InChI is InChI=1S/C33H39Cl2N3O4S/c1-4-29(33(40)36-26-9-6-5-7-10-26)37(21-25-17-13-23(2)14-18-25)31(39)22-38(30-12-8-11-28(34)32(30)35)43(41,42)27-19-15-24(3)16-20-27/h8,11-20,26,29H,4-7,9-10,21-22H2,1-3H3,(H,36,40)/t29-/m0/s1. The molecule has 0 unspecified atom stereocenters. The van der Waals surface area contributed by atoms with E-state index in [9.17, 15) is 18.0 Å². The van der Waals surface area contributed by atoms with Crippen LogP contribution < -0.4 is 9.62 Å². The summed E-state index contributed by atoms with van der Waals surface area (Å²) in [4.78, 5) is 29.4. The van der Waals surface area contributed by atoms with E-state index in [0.29, 0.717) is 6.42 Å². The van der Waals surface area contributed by atoms with Crippen molar-refractivity contribution in [3.8, 4) is 0 Å². The van der Waals surface area contributed by atoms with Gasteiger partial charge in [-0.05, 0) is 62.9 Å². The summed E-state index contributed by atoms with van der Waals surface area (Å²) in [7, 11) is -4.25. The molecule has 1 N–H and O–H groups in total. The maximum Gasteiger partial charge on any atom is 0.264 e. The first kappa shape index (κ1) is 32.8. The van der Waals surface area contributed by atoms with Crippen molar-refractivity contribution in [3.05, 3.63) is 93.5 Å². The lowest BCUT2D eigenvalue weighted by molar-refractivity contribution is -0.140. The van der Waals surface area contributed by atoms with Crippen molar-refractivity contribution >= 4 is 50.7 Å². The van der Waals surface area contributed by atoms with Gasteiger partial charge in [0.1, 0.15) is 12.6 Å². The Hall–Kier alpha value is -3.07. The highest BCUT2D eigenvalue weighted by Crippen LogP contribution is 2.35. The SMILES string of the molecule is CC[C@@H](C(=O)NC1CCCCC1)N(Cc1ccc(C)cc1)C(=O)CN(c1cccc(Cl)c1Cl)S(=O)(=O)c1ccc(C)cc1. The van der Waals surface area contributed by atoms with Gasteiger partial charge in [0.05, 0.1) is 20.6 Å². The molecule has 0 aromatic heterocycles. The van der Waals surface area contributed by atoms with E-state index in [-0.39, 0.29) is 39.1 Å². The molecule has 0 heterocycles. The van der Waals surface area contributed by atoms with Crippen LogP contribution in [0.2, 0.25) is 10.0 Å². The zero-order valence-electron chi connectivity index (χ0n) is 24.9. The maximum atomic E-state index is 14.3. The van der Waals surface area contributed by atoms with Crippen LogP contribution in [0.5, 0.6) is 0 Å². The van der Waals surface area contributed by atoms with Crippen LogP contribution >= 0.6 is 23.2 Å². The first-order valence-corrected chi connectivity index (χ1v) is 16.9. The molecule has 1 aliphatic carbocycles. The molecule has 0 spiro atoms. The lowest BCUT2D eigenvalue weighted by Crippen LogP contribution is -2.54. The Bertz CT molecular complexity index is 1520. The number of aryl methyl sites for hydroxylation is 2. The van der Waals surface area contributed by atoms with Gasteiger partial charge in [-0.25, -0.2) is 8.42 Å². The second-order valence-corrected chi connectivity index (χ2v) is 13.8. The molecular weight excluding hydrogens is 605 g/mol. The summed E-state index contributed by atoms with van der Waals surface area (Å²) in [6.07, 6.45) is 5.44. The van der Waals surface area contributed by atoms with Crippen molar-refractivity contribution in [2.45, 2.75) is 82.8 Å². The molecule has 43 heavy (non-hydrogen) atoms.